The van der Waals surface area contributed by atoms with Crippen molar-refractivity contribution in [2.75, 3.05) is 5.32 Å². The third kappa shape index (κ3) is 3.03. The van der Waals surface area contributed by atoms with E-state index in [2.05, 4.69) is 15.3 Å². The van der Waals surface area contributed by atoms with Gasteiger partial charge in [0.05, 0.1) is 12.0 Å². The van der Waals surface area contributed by atoms with Gasteiger partial charge in [-0.2, -0.15) is 0 Å². The number of benzene rings is 1. The van der Waals surface area contributed by atoms with Crippen LogP contribution in [0.3, 0.4) is 0 Å². The van der Waals surface area contributed by atoms with E-state index in [1.807, 2.05) is 39.0 Å². The average Bonchev–Trinajstić information content (AvgIpc) is 2.95. The fourth-order valence-corrected chi connectivity index (χ4v) is 3.35. The molecule has 136 valence electrons. The first-order valence-corrected chi connectivity index (χ1v) is 8.78. The van der Waals surface area contributed by atoms with E-state index >= 15 is 0 Å². The summed E-state index contributed by atoms with van der Waals surface area (Å²) in [4.78, 5) is 33.3. The highest BCUT2D eigenvalue weighted by atomic mass is 16.5. The lowest BCUT2D eigenvalue weighted by molar-refractivity contribution is -0.118. The van der Waals surface area contributed by atoms with Gasteiger partial charge in [0.15, 0.2) is 5.65 Å². The number of ether oxygens (including phenoxy) is 1. The molecule has 0 bridgehead atoms. The SMILES string of the molecule is Cc1nc2nc(NC(=O)CC3OC(=O)c4ccccc43)ccc2c(C)c1C. The molecule has 0 saturated carbocycles. The van der Waals surface area contributed by atoms with Gasteiger partial charge in [0.1, 0.15) is 11.9 Å². The minimum atomic E-state index is -0.570. The molecule has 3 heterocycles. The molecule has 1 aliphatic rings. The lowest BCUT2D eigenvalue weighted by atomic mass is 10.0. The number of hydrogen-bond acceptors (Lipinski definition) is 5. The van der Waals surface area contributed by atoms with Gasteiger partial charge in [-0.3, -0.25) is 4.79 Å². The molecule has 2 aromatic heterocycles. The van der Waals surface area contributed by atoms with Crippen LogP contribution in [0.25, 0.3) is 11.0 Å². The highest BCUT2D eigenvalue weighted by molar-refractivity contribution is 5.96. The quantitative estimate of drug-likeness (QED) is 0.718. The molecule has 0 radical (unpaired) electrons. The summed E-state index contributed by atoms with van der Waals surface area (Å²) < 4.78 is 5.32. The highest BCUT2D eigenvalue weighted by Gasteiger charge is 2.32. The number of amides is 1. The topological polar surface area (TPSA) is 81.2 Å². The first-order valence-electron chi connectivity index (χ1n) is 8.78. The van der Waals surface area contributed by atoms with Gasteiger partial charge in [-0.05, 0) is 50.1 Å². The second-order valence-corrected chi connectivity index (χ2v) is 6.75. The maximum atomic E-state index is 12.4. The number of nitrogens with one attached hydrogen (secondary N) is 1. The van der Waals surface area contributed by atoms with Crippen molar-refractivity contribution < 1.29 is 14.3 Å². The number of esters is 1. The summed E-state index contributed by atoms with van der Waals surface area (Å²) in [6.07, 6.45) is -0.526. The number of nitrogens with zero attached hydrogens (tertiary/aromatic N) is 2. The Bertz CT molecular complexity index is 1090. The smallest absolute Gasteiger partial charge is 0.339 e. The van der Waals surface area contributed by atoms with E-state index < -0.39 is 12.1 Å². The van der Waals surface area contributed by atoms with Crippen molar-refractivity contribution >= 4 is 28.7 Å². The van der Waals surface area contributed by atoms with E-state index in [-0.39, 0.29) is 12.3 Å². The lowest BCUT2D eigenvalue weighted by Gasteiger charge is -2.12. The van der Waals surface area contributed by atoms with Crippen molar-refractivity contribution in [2.45, 2.75) is 33.3 Å². The van der Waals surface area contributed by atoms with E-state index in [4.69, 9.17) is 4.74 Å². The second-order valence-electron chi connectivity index (χ2n) is 6.75. The Balaban J connectivity index is 1.54. The zero-order chi connectivity index (χ0) is 19.1. The Morgan fingerprint density at radius 2 is 1.85 bits per heavy atom. The number of cyclic esters (lactones) is 1. The van der Waals surface area contributed by atoms with Gasteiger partial charge < -0.3 is 10.1 Å². The number of carbonyl (C=O) groups is 2. The minimum Gasteiger partial charge on any atom is -0.453 e. The zero-order valence-corrected chi connectivity index (χ0v) is 15.4. The summed E-state index contributed by atoms with van der Waals surface area (Å²) >= 11 is 0. The van der Waals surface area contributed by atoms with Gasteiger partial charge >= 0.3 is 5.97 Å². The van der Waals surface area contributed by atoms with Crippen molar-refractivity contribution in [3.63, 3.8) is 0 Å². The molecule has 1 amide bonds. The van der Waals surface area contributed by atoms with Crippen molar-refractivity contribution in [1.82, 2.24) is 9.97 Å². The average molecular weight is 361 g/mol. The van der Waals surface area contributed by atoms with E-state index in [0.717, 1.165) is 27.8 Å². The molecule has 1 aromatic carbocycles. The van der Waals surface area contributed by atoms with Crippen LogP contribution in [0.5, 0.6) is 0 Å². The molecule has 4 rings (SSSR count). The molecule has 6 heteroatoms. The highest BCUT2D eigenvalue weighted by Crippen LogP contribution is 2.33. The van der Waals surface area contributed by atoms with E-state index in [0.29, 0.717) is 17.0 Å². The number of hydrogen-bond donors (Lipinski definition) is 1. The van der Waals surface area contributed by atoms with Gasteiger partial charge in [-0.1, -0.05) is 18.2 Å². The summed E-state index contributed by atoms with van der Waals surface area (Å²) in [6.45, 7) is 6.02. The van der Waals surface area contributed by atoms with Crippen molar-refractivity contribution in [3.05, 3.63) is 64.3 Å². The van der Waals surface area contributed by atoms with E-state index in [1.165, 1.54) is 0 Å². The van der Waals surface area contributed by atoms with Crippen molar-refractivity contribution in [1.29, 1.82) is 0 Å². The fourth-order valence-electron chi connectivity index (χ4n) is 3.35. The lowest BCUT2D eigenvalue weighted by Crippen LogP contribution is -2.16. The Labute approximate surface area is 156 Å². The molecule has 0 fully saturated rings. The van der Waals surface area contributed by atoms with Crippen LogP contribution in [-0.4, -0.2) is 21.8 Å². The fraction of sp³-hybridized carbons (Fsp3) is 0.238. The zero-order valence-electron chi connectivity index (χ0n) is 15.4. The van der Waals surface area contributed by atoms with Crippen LogP contribution in [0.2, 0.25) is 0 Å². The molecule has 6 nitrogen and oxygen atoms in total. The molecule has 1 aliphatic heterocycles. The molecule has 0 aliphatic carbocycles. The molecule has 0 spiro atoms. The maximum absolute atomic E-state index is 12.4. The van der Waals surface area contributed by atoms with Crippen LogP contribution < -0.4 is 5.32 Å². The molecular weight excluding hydrogens is 342 g/mol. The van der Waals surface area contributed by atoms with Crippen molar-refractivity contribution in [3.8, 4) is 0 Å². The first kappa shape index (κ1) is 17.1. The van der Waals surface area contributed by atoms with Crippen LogP contribution >= 0.6 is 0 Å². The monoisotopic (exact) mass is 361 g/mol. The maximum Gasteiger partial charge on any atom is 0.339 e. The Hall–Kier alpha value is -3.28. The van der Waals surface area contributed by atoms with Crippen molar-refractivity contribution in [2.24, 2.45) is 0 Å². The van der Waals surface area contributed by atoms with Gasteiger partial charge in [0.2, 0.25) is 5.91 Å². The number of pyridine rings is 2. The third-order valence-corrected chi connectivity index (χ3v) is 5.07. The number of carbonyl (C=O) groups excluding carboxylic acids is 2. The number of aromatic nitrogens is 2. The number of rotatable bonds is 3. The number of aryl methyl sites for hydroxylation is 2. The largest absolute Gasteiger partial charge is 0.453 e. The Kier molecular flexibility index (Phi) is 4.11. The predicted molar refractivity (Wildman–Crippen MR) is 102 cm³/mol. The molecular formula is C21H19N3O3. The number of fused-ring (bicyclic) bond motifs is 2. The summed E-state index contributed by atoms with van der Waals surface area (Å²) in [5, 5.41) is 3.75. The van der Waals surface area contributed by atoms with Crippen LogP contribution in [0.4, 0.5) is 5.82 Å². The molecule has 0 saturated heterocycles. The Morgan fingerprint density at radius 3 is 2.67 bits per heavy atom. The van der Waals surface area contributed by atoms with Gasteiger partial charge in [0, 0.05) is 16.6 Å². The van der Waals surface area contributed by atoms with Crippen LogP contribution in [0.1, 0.15) is 45.3 Å². The minimum absolute atomic E-state index is 0.0435. The summed E-state index contributed by atoms with van der Waals surface area (Å²) in [5.74, 6) is -0.227. The molecule has 1 unspecified atom stereocenters. The molecule has 1 N–H and O–H groups in total. The van der Waals surface area contributed by atoms with E-state index in [9.17, 15) is 9.59 Å². The second kappa shape index (κ2) is 6.46. The third-order valence-electron chi connectivity index (χ3n) is 5.07. The molecule has 1 atom stereocenters. The molecule has 27 heavy (non-hydrogen) atoms. The first-order chi connectivity index (χ1) is 12.9. The summed E-state index contributed by atoms with van der Waals surface area (Å²) in [7, 11) is 0. The molecule has 3 aromatic rings. The van der Waals surface area contributed by atoms with Gasteiger partial charge in [0.25, 0.3) is 0 Å². The standard InChI is InChI=1S/C21H19N3O3/c1-11-12(2)14-8-9-18(24-20(14)22-13(11)3)23-19(25)10-17-15-6-4-5-7-16(15)21(26)27-17/h4-9,17H,10H2,1-3H3,(H,22,23,24,25). The van der Waals surface area contributed by atoms with E-state index in [1.54, 1.807) is 18.2 Å². The van der Waals surface area contributed by atoms with Gasteiger partial charge in [-0.15, -0.1) is 0 Å². The van der Waals surface area contributed by atoms with Gasteiger partial charge in [-0.25, -0.2) is 14.8 Å². The Morgan fingerprint density at radius 1 is 1.07 bits per heavy atom. The summed E-state index contributed by atoms with van der Waals surface area (Å²) in [5.41, 5.74) is 5.06. The number of anilines is 1. The van der Waals surface area contributed by atoms with Crippen LogP contribution in [0, 0.1) is 20.8 Å². The summed E-state index contributed by atoms with van der Waals surface area (Å²) in [6, 6.07) is 10.8. The normalized spacial score (nSPS) is 15.5. The van der Waals surface area contributed by atoms with Crippen LogP contribution in [0.15, 0.2) is 36.4 Å². The predicted octanol–water partition coefficient (Wildman–Crippen LogP) is 3.80. The van der Waals surface area contributed by atoms with Crippen LogP contribution in [-0.2, 0) is 9.53 Å².